The van der Waals surface area contributed by atoms with Crippen molar-refractivity contribution >= 4 is 54.1 Å². The molecule has 17 heteroatoms. The molecule has 290 valence electrons. The number of pyridine rings is 1. The van der Waals surface area contributed by atoms with E-state index in [4.69, 9.17) is 42.0 Å². The summed E-state index contributed by atoms with van der Waals surface area (Å²) in [6.45, 7) is 6.78. The van der Waals surface area contributed by atoms with Crippen molar-refractivity contribution in [2.24, 2.45) is 0 Å². The molecule has 1 fully saturated rings. The fraction of sp³-hybridized carbons (Fsp3) is 0.583. The summed E-state index contributed by atoms with van der Waals surface area (Å²) in [6, 6.07) is 7.19. The lowest BCUT2D eigenvalue weighted by Gasteiger charge is -2.38. The van der Waals surface area contributed by atoms with Gasteiger partial charge in [-0.2, -0.15) is 0 Å². The van der Waals surface area contributed by atoms with E-state index in [9.17, 15) is 21.6 Å². The van der Waals surface area contributed by atoms with Gasteiger partial charge in [0.05, 0.1) is 97.9 Å². The first-order valence-electron chi connectivity index (χ1n) is 17.7. The second-order valence-electron chi connectivity index (χ2n) is 13.3. The van der Waals surface area contributed by atoms with Gasteiger partial charge in [-0.15, -0.1) is 6.42 Å². The Balaban J connectivity index is 1.17. The number of hydrogen-bond acceptors (Lipinski definition) is 11. The number of imidazole rings is 1. The summed E-state index contributed by atoms with van der Waals surface area (Å²) in [5.41, 5.74) is 2.02. The van der Waals surface area contributed by atoms with Crippen LogP contribution in [0.15, 0.2) is 36.7 Å². The molecule has 3 aromatic rings. The van der Waals surface area contributed by atoms with Crippen molar-refractivity contribution in [3.05, 3.63) is 53.1 Å². The number of aromatic nitrogens is 3. The average Bonchev–Trinajstić information content (AvgIpc) is 3.57. The average molecular weight is 794 g/mol. The van der Waals surface area contributed by atoms with Crippen LogP contribution in [0.5, 0.6) is 0 Å². The van der Waals surface area contributed by atoms with Crippen LogP contribution in [0, 0.1) is 12.3 Å². The lowest BCUT2D eigenvalue weighted by Crippen LogP contribution is -2.51. The second kappa shape index (κ2) is 18.5. The number of anilines is 1. The number of carbonyl (C=O) groups is 1. The Morgan fingerprint density at radius 1 is 0.943 bits per heavy atom. The van der Waals surface area contributed by atoms with Gasteiger partial charge in [-0.05, 0) is 62.9 Å². The van der Waals surface area contributed by atoms with Crippen molar-refractivity contribution in [1.82, 2.24) is 18.8 Å². The molecule has 2 aromatic heterocycles. The van der Waals surface area contributed by atoms with E-state index in [0.717, 1.165) is 11.1 Å². The smallest absolute Gasteiger partial charge is 0.238 e. The zero-order valence-corrected chi connectivity index (χ0v) is 32.6. The third kappa shape index (κ3) is 9.95. The van der Waals surface area contributed by atoms with Gasteiger partial charge < -0.3 is 28.4 Å². The summed E-state index contributed by atoms with van der Waals surface area (Å²) in [5.74, 6) is 2.65. The number of fused-ring (bicyclic) bond motifs is 3. The number of aryl methyl sites for hydroxylation is 1. The van der Waals surface area contributed by atoms with E-state index < -0.39 is 30.5 Å². The Bertz CT molecular complexity index is 1970. The molecule has 4 heterocycles. The van der Waals surface area contributed by atoms with Crippen molar-refractivity contribution < 1.29 is 40.6 Å². The van der Waals surface area contributed by atoms with Crippen LogP contribution in [-0.2, 0) is 62.1 Å². The summed E-state index contributed by atoms with van der Waals surface area (Å²) in [5, 5.41) is -0.0430. The van der Waals surface area contributed by atoms with E-state index in [1.165, 1.54) is 4.31 Å². The Labute approximate surface area is 317 Å². The molecule has 1 amide bonds. The van der Waals surface area contributed by atoms with Gasteiger partial charge in [0.25, 0.3) is 0 Å². The maximum Gasteiger partial charge on any atom is 0.238 e. The molecule has 0 N–H and O–H groups in total. The Kier molecular flexibility index (Phi) is 14.3. The van der Waals surface area contributed by atoms with Crippen LogP contribution in [-0.4, -0.2) is 124 Å². The van der Waals surface area contributed by atoms with Gasteiger partial charge in [0.15, 0.2) is 9.84 Å². The van der Waals surface area contributed by atoms with Crippen LogP contribution in [0.3, 0.4) is 0 Å². The summed E-state index contributed by atoms with van der Waals surface area (Å²) < 4.78 is 76.5. The molecule has 0 atom stereocenters. The molecule has 5 rings (SSSR count). The molecule has 1 aromatic carbocycles. The van der Waals surface area contributed by atoms with Crippen molar-refractivity contribution in [2.45, 2.75) is 56.9 Å². The normalized spacial score (nSPS) is 16.2. The highest BCUT2D eigenvalue weighted by Crippen LogP contribution is 2.48. The quantitative estimate of drug-likeness (QED) is 0.115. The molecule has 0 unspecified atom stereocenters. The molecule has 0 bridgehead atoms. The summed E-state index contributed by atoms with van der Waals surface area (Å²) in [6.07, 6.45) is 9.45. The third-order valence-corrected chi connectivity index (χ3v) is 13.8. The fourth-order valence-electron chi connectivity index (χ4n) is 6.74. The number of piperidine rings is 1. The number of halogens is 1. The van der Waals surface area contributed by atoms with Gasteiger partial charge in [0, 0.05) is 30.9 Å². The van der Waals surface area contributed by atoms with Crippen LogP contribution in [0.1, 0.15) is 44.5 Å². The molecule has 2 aliphatic rings. The zero-order valence-electron chi connectivity index (χ0n) is 30.2. The third-order valence-electron chi connectivity index (χ3n) is 9.56. The number of nitrogens with zero attached hydrogens (tertiary/aromatic N) is 5. The Morgan fingerprint density at radius 3 is 2.26 bits per heavy atom. The molecular formula is C36H48ClN5O9S2. The molecule has 0 aliphatic carbocycles. The van der Waals surface area contributed by atoms with Crippen molar-refractivity contribution in [3.8, 4) is 12.3 Å². The number of amides is 1. The summed E-state index contributed by atoms with van der Waals surface area (Å²) >= 11 is 6.31. The molecule has 2 aliphatic heterocycles. The van der Waals surface area contributed by atoms with E-state index in [1.54, 1.807) is 43.3 Å². The maximum absolute atomic E-state index is 14.4. The Morgan fingerprint density at radius 2 is 1.60 bits per heavy atom. The molecule has 53 heavy (non-hydrogen) atoms. The largest absolute Gasteiger partial charge is 0.378 e. The Hall–Kier alpha value is -3.14. The summed E-state index contributed by atoms with van der Waals surface area (Å²) in [4.78, 5) is 25.2. The van der Waals surface area contributed by atoms with Gasteiger partial charge in [-0.25, -0.2) is 26.1 Å². The van der Waals surface area contributed by atoms with E-state index >= 15 is 0 Å². The lowest BCUT2D eigenvalue weighted by molar-refractivity contribution is -0.124. The van der Waals surface area contributed by atoms with E-state index in [0.29, 0.717) is 80.9 Å². The number of hydrogen-bond donors (Lipinski definition) is 0. The first-order valence-corrected chi connectivity index (χ1v) is 21.4. The van der Waals surface area contributed by atoms with Crippen LogP contribution in [0.25, 0.3) is 11.0 Å². The minimum Gasteiger partial charge on any atom is -0.378 e. The maximum atomic E-state index is 14.4. The predicted octanol–water partition coefficient (Wildman–Crippen LogP) is 3.21. The van der Waals surface area contributed by atoms with Gasteiger partial charge in [0.2, 0.25) is 15.9 Å². The van der Waals surface area contributed by atoms with Gasteiger partial charge >= 0.3 is 0 Å². The number of carbonyl (C=O) groups excluding carboxylic acids is 1. The van der Waals surface area contributed by atoms with Gasteiger partial charge in [-0.1, -0.05) is 17.5 Å². The van der Waals surface area contributed by atoms with Crippen LogP contribution in [0.2, 0.25) is 5.02 Å². The number of sulfone groups is 1. The molecule has 0 radical (unpaired) electrons. The predicted molar refractivity (Wildman–Crippen MR) is 202 cm³/mol. The fourth-order valence-corrected chi connectivity index (χ4v) is 9.33. The molecule has 0 saturated carbocycles. The topological polar surface area (TPSA) is 159 Å². The van der Waals surface area contributed by atoms with Crippen LogP contribution >= 0.6 is 11.6 Å². The highest BCUT2D eigenvalue weighted by Gasteiger charge is 2.53. The van der Waals surface area contributed by atoms with Crippen LogP contribution < -0.4 is 4.90 Å². The number of terminal acetylenes is 1. The highest BCUT2D eigenvalue weighted by molar-refractivity contribution is 7.91. The molecule has 14 nitrogen and oxygen atoms in total. The monoisotopic (exact) mass is 793 g/mol. The van der Waals surface area contributed by atoms with Gasteiger partial charge in [0.1, 0.15) is 12.4 Å². The van der Waals surface area contributed by atoms with Crippen molar-refractivity contribution in [2.75, 3.05) is 82.4 Å². The summed E-state index contributed by atoms with van der Waals surface area (Å²) in [7, 11) is -6.87. The standard InChI is InChI=1S/C36H48ClN5O9S2/c1-4-15-48-16-17-49-18-19-50-20-21-51-22-24-52(44,45)23-5-12-41-32-7-6-29(37)25-31(32)39-34(41)27-42-33-26-38-11-8-30(33)36(35(42)43)9-13-40(14-10-36)53(46,47)28(2)3/h1,6-8,11,25-26,28H,5,9-10,12-24,27H2,2-3H3. The number of benzene rings is 1. The SMILES string of the molecule is C#CCOCCOCCOCCOCCS(=O)(=O)CCCn1c(CN2C(=O)C3(CCN(S(=O)(=O)C(C)C)CC3)c3ccncc32)nc2cc(Cl)ccc21. The van der Waals surface area contributed by atoms with Crippen LogP contribution in [0.4, 0.5) is 5.69 Å². The molecule has 1 saturated heterocycles. The number of ether oxygens (including phenoxy) is 4. The minimum absolute atomic E-state index is 0.0554. The highest BCUT2D eigenvalue weighted by atomic mass is 35.5. The first-order chi connectivity index (χ1) is 25.4. The zero-order chi connectivity index (χ0) is 38.1. The van der Waals surface area contributed by atoms with Crippen molar-refractivity contribution in [3.63, 3.8) is 0 Å². The van der Waals surface area contributed by atoms with E-state index in [-0.39, 0.29) is 56.9 Å². The lowest BCUT2D eigenvalue weighted by atomic mass is 9.74. The van der Waals surface area contributed by atoms with E-state index in [1.807, 2.05) is 16.7 Å². The van der Waals surface area contributed by atoms with Crippen molar-refractivity contribution in [1.29, 1.82) is 0 Å². The van der Waals surface area contributed by atoms with E-state index in [2.05, 4.69) is 10.9 Å². The molecule has 1 spiro atoms. The second-order valence-corrected chi connectivity index (χ2v) is 18.5. The van der Waals surface area contributed by atoms with Gasteiger partial charge in [-0.3, -0.25) is 9.78 Å². The number of sulfonamides is 1. The molecular weight excluding hydrogens is 746 g/mol. The number of rotatable bonds is 21. The minimum atomic E-state index is -3.46. The first kappa shape index (κ1) is 41.0.